The molecular formula is C9H15NO5. The summed E-state index contributed by atoms with van der Waals surface area (Å²) in [6.07, 6.45) is 1.26. The third-order valence-corrected chi connectivity index (χ3v) is 2.20. The average molecular weight is 217 g/mol. The summed E-state index contributed by atoms with van der Waals surface area (Å²) >= 11 is 0. The summed E-state index contributed by atoms with van der Waals surface area (Å²) in [6, 6.07) is 0. The van der Waals surface area contributed by atoms with Gasteiger partial charge in [-0.05, 0) is 19.1 Å². The molecule has 0 spiro atoms. The van der Waals surface area contributed by atoms with Crippen LogP contribution in [0.1, 0.15) is 6.92 Å². The molecule has 1 heterocycles. The molecule has 0 bridgehead atoms. The molecule has 1 aliphatic rings. The Morgan fingerprint density at radius 3 is 2.67 bits per heavy atom. The van der Waals surface area contributed by atoms with E-state index in [-0.39, 0.29) is 0 Å². The number of carbonyl (C=O) groups excluding carboxylic acids is 1. The van der Waals surface area contributed by atoms with Crippen LogP contribution in [-0.4, -0.2) is 38.5 Å². The minimum atomic E-state index is -1.13. The normalized spacial score (nSPS) is 31.5. The Bertz CT molecular complexity index is 267. The fourth-order valence-corrected chi connectivity index (χ4v) is 1.37. The van der Waals surface area contributed by atoms with Gasteiger partial charge in [0.2, 0.25) is 5.79 Å². The van der Waals surface area contributed by atoms with Gasteiger partial charge in [0.25, 0.3) is 0 Å². The van der Waals surface area contributed by atoms with Gasteiger partial charge in [0.15, 0.2) is 12.4 Å². The molecule has 1 amide bonds. The van der Waals surface area contributed by atoms with E-state index in [1.807, 2.05) is 0 Å². The first-order valence-electron chi connectivity index (χ1n) is 4.45. The number of hydrogen-bond donors (Lipinski definition) is 1. The highest BCUT2D eigenvalue weighted by atomic mass is 16.8. The highest BCUT2D eigenvalue weighted by Gasteiger charge is 2.43. The number of primary amides is 1. The van der Waals surface area contributed by atoms with Gasteiger partial charge in [0.05, 0.1) is 0 Å². The van der Waals surface area contributed by atoms with Crippen molar-refractivity contribution in [2.75, 3.05) is 14.2 Å². The second-order valence-electron chi connectivity index (χ2n) is 3.09. The Hall–Kier alpha value is -1.11. The van der Waals surface area contributed by atoms with E-state index in [0.717, 1.165) is 0 Å². The summed E-state index contributed by atoms with van der Waals surface area (Å²) < 4.78 is 20.4. The first-order valence-corrected chi connectivity index (χ1v) is 4.45. The van der Waals surface area contributed by atoms with Crippen molar-refractivity contribution in [1.82, 2.24) is 0 Å². The molecule has 0 saturated carbocycles. The minimum absolute atomic E-state index is 0.510. The standard InChI is InChI=1S/C9H15NO5/c1-6(14-8(10)11)9(13-3)5-4-7(12-2)15-9/h4-7H,1-3H3,(H2,10,11). The number of ether oxygens (including phenoxy) is 4. The molecule has 0 aromatic rings. The smallest absolute Gasteiger partial charge is 0.404 e. The van der Waals surface area contributed by atoms with Gasteiger partial charge in [-0.1, -0.05) is 0 Å². The van der Waals surface area contributed by atoms with Gasteiger partial charge in [0, 0.05) is 14.2 Å². The zero-order valence-electron chi connectivity index (χ0n) is 8.93. The summed E-state index contributed by atoms with van der Waals surface area (Å²) in [5.41, 5.74) is 4.91. The fourth-order valence-electron chi connectivity index (χ4n) is 1.37. The molecule has 86 valence electrons. The predicted octanol–water partition coefficient (Wildman–Crippen LogP) is 0.372. The van der Waals surface area contributed by atoms with Crippen LogP contribution in [0, 0.1) is 0 Å². The highest BCUT2D eigenvalue weighted by molar-refractivity contribution is 5.64. The summed E-state index contributed by atoms with van der Waals surface area (Å²) in [5.74, 6) is -1.13. The molecule has 0 aromatic carbocycles. The van der Waals surface area contributed by atoms with Crippen LogP contribution in [0.5, 0.6) is 0 Å². The van der Waals surface area contributed by atoms with Gasteiger partial charge in [0.1, 0.15) is 0 Å². The zero-order valence-corrected chi connectivity index (χ0v) is 8.93. The van der Waals surface area contributed by atoms with E-state index in [1.165, 1.54) is 14.2 Å². The van der Waals surface area contributed by atoms with E-state index in [0.29, 0.717) is 0 Å². The van der Waals surface area contributed by atoms with Crippen molar-refractivity contribution in [3.8, 4) is 0 Å². The first kappa shape index (κ1) is 12.0. The lowest BCUT2D eigenvalue weighted by atomic mass is 10.1. The van der Waals surface area contributed by atoms with E-state index in [9.17, 15) is 4.79 Å². The molecule has 3 atom stereocenters. The first-order chi connectivity index (χ1) is 7.04. The van der Waals surface area contributed by atoms with Crippen molar-refractivity contribution in [3.63, 3.8) is 0 Å². The van der Waals surface area contributed by atoms with Crippen LogP contribution in [0.2, 0.25) is 0 Å². The summed E-state index contributed by atoms with van der Waals surface area (Å²) in [7, 11) is 2.95. The van der Waals surface area contributed by atoms with Crippen LogP contribution in [0.3, 0.4) is 0 Å². The van der Waals surface area contributed by atoms with E-state index < -0.39 is 24.3 Å². The maximum Gasteiger partial charge on any atom is 0.404 e. The SMILES string of the molecule is COC1C=CC(OC)(C(C)OC(N)=O)O1. The minimum Gasteiger partial charge on any atom is -0.441 e. The van der Waals surface area contributed by atoms with Crippen LogP contribution in [0.4, 0.5) is 4.79 Å². The van der Waals surface area contributed by atoms with Crippen molar-refractivity contribution < 1.29 is 23.7 Å². The number of methoxy groups -OCH3 is 2. The van der Waals surface area contributed by atoms with Crippen molar-refractivity contribution in [3.05, 3.63) is 12.2 Å². The van der Waals surface area contributed by atoms with Gasteiger partial charge in [-0.25, -0.2) is 4.79 Å². The Labute approximate surface area is 87.9 Å². The lowest BCUT2D eigenvalue weighted by Gasteiger charge is -2.31. The second-order valence-corrected chi connectivity index (χ2v) is 3.09. The molecular weight excluding hydrogens is 202 g/mol. The molecule has 1 rings (SSSR count). The molecule has 0 aromatic heterocycles. The van der Waals surface area contributed by atoms with E-state index in [4.69, 9.17) is 24.7 Å². The van der Waals surface area contributed by atoms with Crippen LogP contribution in [-0.2, 0) is 18.9 Å². The maximum absolute atomic E-state index is 10.6. The molecule has 6 nitrogen and oxygen atoms in total. The number of nitrogens with two attached hydrogens (primary N) is 1. The number of hydrogen-bond acceptors (Lipinski definition) is 5. The Kier molecular flexibility index (Phi) is 3.67. The molecule has 6 heteroatoms. The molecule has 0 fully saturated rings. The van der Waals surface area contributed by atoms with Crippen LogP contribution in [0.15, 0.2) is 12.2 Å². The summed E-state index contributed by atoms with van der Waals surface area (Å²) in [5, 5.41) is 0. The van der Waals surface area contributed by atoms with Crippen LogP contribution in [0.25, 0.3) is 0 Å². The largest absolute Gasteiger partial charge is 0.441 e. The van der Waals surface area contributed by atoms with Gasteiger partial charge in [-0.2, -0.15) is 0 Å². The quantitative estimate of drug-likeness (QED) is 0.688. The van der Waals surface area contributed by atoms with Crippen molar-refractivity contribution in [2.24, 2.45) is 5.73 Å². The molecule has 15 heavy (non-hydrogen) atoms. The maximum atomic E-state index is 10.6. The molecule has 0 radical (unpaired) electrons. The number of carbonyl (C=O) groups is 1. The summed E-state index contributed by atoms with van der Waals surface area (Å²) in [4.78, 5) is 10.6. The Morgan fingerprint density at radius 2 is 2.27 bits per heavy atom. The molecule has 1 aliphatic heterocycles. The Balaban J connectivity index is 2.70. The lowest BCUT2D eigenvalue weighted by molar-refractivity contribution is -0.274. The van der Waals surface area contributed by atoms with Crippen LogP contribution >= 0.6 is 0 Å². The molecule has 2 N–H and O–H groups in total. The topological polar surface area (TPSA) is 80.0 Å². The van der Waals surface area contributed by atoms with Gasteiger partial charge >= 0.3 is 6.09 Å². The van der Waals surface area contributed by atoms with E-state index in [2.05, 4.69) is 0 Å². The van der Waals surface area contributed by atoms with E-state index in [1.54, 1.807) is 19.1 Å². The van der Waals surface area contributed by atoms with E-state index >= 15 is 0 Å². The third kappa shape index (κ3) is 2.47. The van der Waals surface area contributed by atoms with Gasteiger partial charge in [-0.3, -0.25) is 0 Å². The lowest BCUT2D eigenvalue weighted by Crippen LogP contribution is -2.45. The Morgan fingerprint density at radius 1 is 1.60 bits per heavy atom. The molecule has 0 aliphatic carbocycles. The highest BCUT2D eigenvalue weighted by Crippen LogP contribution is 2.29. The second kappa shape index (κ2) is 4.61. The van der Waals surface area contributed by atoms with Gasteiger partial charge in [-0.15, -0.1) is 0 Å². The molecule has 3 unspecified atom stereocenters. The monoisotopic (exact) mass is 217 g/mol. The zero-order chi connectivity index (χ0) is 11.5. The predicted molar refractivity (Wildman–Crippen MR) is 50.9 cm³/mol. The van der Waals surface area contributed by atoms with Gasteiger partial charge < -0.3 is 24.7 Å². The van der Waals surface area contributed by atoms with Crippen molar-refractivity contribution in [1.29, 1.82) is 0 Å². The fraction of sp³-hybridized carbons (Fsp3) is 0.667. The number of rotatable bonds is 4. The average Bonchev–Trinajstić information content (AvgIpc) is 2.61. The third-order valence-electron chi connectivity index (χ3n) is 2.20. The summed E-state index contributed by atoms with van der Waals surface area (Å²) in [6.45, 7) is 1.62. The van der Waals surface area contributed by atoms with Crippen LogP contribution < -0.4 is 5.73 Å². The number of amides is 1. The van der Waals surface area contributed by atoms with Crippen molar-refractivity contribution >= 4 is 6.09 Å². The molecule has 0 saturated heterocycles. The van der Waals surface area contributed by atoms with Crippen molar-refractivity contribution in [2.45, 2.75) is 25.1 Å².